The molecule has 2 amide bonds. The highest BCUT2D eigenvalue weighted by atomic mass is 35.5. The van der Waals surface area contributed by atoms with E-state index in [0.29, 0.717) is 44.9 Å². The Morgan fingerprint density at radius 3 is 2.45 bits per heavy atom. The number of piperidine rings is 1. The van der Waals surface area contributed by atoms with Crippen molar-refractivity contribution in [3.8, 4) is 0 Å². The average Bonchev–Trinajstić information content (AvgIpc) is 2.76. The summed E-state index contributed by atoms with van der Waals surface area (Å²) in [4.78, 5) is 25.3. The van der Waals surface area contributed by atoms with Gasteiger partial charge >= 0.3 is 0 Å². The van der Waals surface area contributed by atoms with Gasteiger partial charge in [0.25, 0.3) is 0 Å². The summed E-state index contributed by atoms with van der Waals surface area (Å²) in [5.74, 6) is -0.181. The molecule has 5 rings (SSSR count). The van der Waals surface area contributed by atoms with Gasteiger partial charge in [0.1, 0.15) is 12.8 Å². The molecule has 4 N–H and O–H groups in total. The molecule has 5 fully saturated rings. The zero-order valence-corrected chi connectivity index (χ0v) is 18.8. The van der Waals surface area contributed by atoms with Crippen LogP contribution in [-0.2, 0) is 14.3 Å². The minimum Gasteiger partial charge on any atom is -0.391 e. The average molecular weight is 460 g/mol. The number of alkyl halides is 2. The van der Waals surface area contributed by atoms with Crippen LogP contribution in [0.4, 0.5) is 4.39 Å². The number of aliphatic hydroxyl groups is 1. The maximum absolute atomic E-state index is 13.8. The topological polar surface area (TPSA) is 99.7 Å². The summed E-state index contributed by atoms with van der Waals surface area (Å²) in [6.07, 6.45) is 4.18. The van der Waals surface area contributed by atoms with Crippen LogP contribution in [0.1, 0.15) is 64.2 Å². The maximum atomic E-state index is 13.8. The number of nitrogens with one attached hydrogen (secondary N) is 3. The Bertz CT molecular complexity index is 667. The summed E-state index contributed by atoms with van der Waals surface area (Å²) < 4.78 is 19.4. The SMILES string of the molecule is O=C(COC1CCC(Cl)C(F)C1)NC12CCC(NC(=O)C3CCNCC3)(CC1)C(O)C2. The quantitative estimate of drug-likeness (QED) is 0.452. The van der Waals surface area contributed by atoms with E-state index in [4.69, 9.17) is 16.3 Å². The third-order valence-electron chi connectivity index (χ3n) is 7.90. The molecule has 2 bridgehead atoms. The molecule has 7 nitrogen and oxygen atoms in total. The van der Waals surface area contributed by atoms with Gasteiger partial charge in [-0.25, -0.2) is 4.39 Å². The van der Waals surface area contributed by atoms with Crippen molar-refractivity contribution in [1.82, 2.24) is 16.0 Å². The molecule has 4 unspecified atom stereocenters. The minimum absolute atomic E-state index is 0.00562. The van der Waals surface area contributed by atoms with Crippen LogP contribution in [-0.4, -0.2) is 71.5 Å². The Kier molecular flexibility index (Phi) is 7.11. The molecule has 0 aromatic heterocycles. The van der Waals surface area contributed by atoms with Crippen molar-refractivity contribution in [2.45, 2.75) is 99.0 Å². The van der Waals surface area contributed by atoms with Gasteiger partial charge in [0, 0.05) is 17.9 Å². The maximum Gasteiger partial charge on any atom is 0.246 e. The number of aliphatic hydroxyl groups excluding tert-OH is 1. The van der Waals surface area contributed by atoms with Gasteiger partial charge < -0.3 is 25.8 Å². The summed E-state index contributed by atoms with van der Waals surface area (Å²) >= 11 is 5.90. The summed E-state index contributed by atoms with van der Waals surface area (Å²) in [7, 11) is 0. The second-order valence-electron chi connectivity index (χ2n) is 10.00. The molecule has 5 aliphatic rings. The molecule has 4 aliphatic carbocycles. The summed E-state index contributed by atoms with van der Waals surface area (Å²) in [5, 5.41) is 20.0. The Morgan fingerprint density at radius 2 is 1.81 bits per heavy atom. The van der Waals surface area contributed by atoms with E-state index in [9.17, 15) is 19.1 Å². The van der Waals surface area contributed by atoms with Crippen molar-refractivity contribution >= 4 is 23.4 Å². The predicted octanol–water partition coefficient (Wildman–Crippen LogP) is 1.55. The zero-order valence-electron chi connectivity index (χ0n) is 18.0. The van der Waals surface area contributed by atoms with Crippen molar-refractivity contribution in [2.24, 2.45) is 5.92 Å². The van der Waals surface area contributed by atoms with Crippen molar-refractivity contribution < 1.29 is 23.8 Å². The van der Waals surface area contributed by atoms with Gasteiger partial charge in [-0.15, -0.1) is 11.6 Å². The summed E-state index contributed by atoms with van der Waals surface area (Å²) in [6.45, 7) is 1.59. The first-order chi connectivity index (χ1) is 14.8. The van der Waals surface area contributed by atoms with E-state index in [2.05, 4.69) is 16.0 Å². The normalized spacial score (nSPS) is 41.0. The number of fused-ring (bicyclic) bond motifs is 3. The number of carbonyl (C=O) groups is 2. The van der Waals surface area contributed by atoms with Gasteiger partial charge in [0.05, 0.1) is 23.1 Å². The minimum atomic E-state index is -1.10. The lowest BCUT2D eigenvalue weighted by Crippen LogP contribution is -2.70. The lowest BCUT2D eigenvalue weighted by Gasteiger charge is -2.56. The largest absolute Gasteiger partial charge is 0.391 e. The third-order valence-corrected chi connectivity index (χ3v) is 8.39. The Balaban J connectivity index is 1.26. The highest BCUT2D eigenvalue weighted by molar-refractivity contribution is 6.21. The van der Waals surface area contributed by atoms with Crippen molar-refractivity contribution in [3.05, 3.63) is 0 Å². The second kappa shape index (κ2) is 9.49. The number of rotatable bonds is 6. The van der Waals surface area contributed by atoms with Crippen LogP contribution < -0.4 is 16.0 Å². The third kappa shape index (κ3) is 5.18. The molecular weight excluding hydrogens is 425 g/mol. The molecule has 4 atom stereocenters. The van der Waals surface area contributed by atoms with Gasteiger partial charge in [-0.1, -0.05) is 0 Å². The Morgan fingerprint density at radius 1 is 1.10 bits per heavy atom. The van der Waals surface area contributed by atoms with E-state index >= 15 is 0 Å². The van der Waals surface area contributed by atoms with E-state index in [0.717, 1.165) is 25.9 Å². The van der Waals surface area contributed by atoms with E-state index in [1.807, 2.05) is 0 Å². The molecule has 1 heterocycles. The highest BCUT2D eigenvalue weighted by Gasteiger charge is 2.55. The second-order valence-corrected chi connectivity index (χ2v) is 10.6. The van der Waals surface area contributed by atoms with Crippen molar-refractivity contribution in [1.29, 1.82) is 0 Å². The van der Waals surface area contributed by atoms with Crippen LogP contribution in [0.25, 0.3) is 0 Å². The van der Waals surface area contributed by atoms with Crippen LogP contribution in [0.5, 0.6) is 0 Å². The van der Waals surface area contributed by atoms with Gasteiger partial charge in [-0.05, 0) is 70.9 Å². The molecule has 1 aliphatic heterocycles. The molecule has 0 radical (unpaired) electrons. The molecule has 0 spiro atoms. The van der Waals surface area contributed by atoms with Gasteiger partial charge in [0.15, 0.2) is 0 Å². The monoisotopic (exact) mass is 459 g/mol. The molecule has 31 heavy (non-hydrogen) atoms. The van der Waals surface area contributed by atoms with Crippen LogP contribution in [0.3, 0.4) is 0 Å². The lowest BCUT2D eigenvalue weighted by molar-refractivity contribution is -0.140. The molecule has 4 saturated carbocycles. The zero-order chi connectivity index (χ0) is 22.1. The summed E-state index contributed by atoms with van der Waals surface area (Å²) in [5.41, 5.74) is -1.04. The first-order valence-electron chi connectivity index (χ1n) is 11.7. The molecule has 1 saturated heterocycles. The molecule has 0 aromatic carbocycles. The van der Waals surface area contributed by atoms with E-state index in [1.165, 1.54) is 0 Å². The molecule has 176 valence electrons. The van der Waals surface area contributed by atoms with Gasteiger partial charge in [-0.2, -0.15) is 0 Å². The van der Waals surface area contributed by atoms with Crippen LogP contribution >= 0.6 is 11.6 Å². The fourth-order valence-corrected chi connectivity index (χ4v) is 6.04. The number of hydrogen-bond donors (Lipinski definition) is 4. The standard InChI is InChI=1S/C22H35ClFN3O4/c23-16-2-1-15(11-17(16)24)31-13-19(29)26-21-5-7-22(8-6-21,18(28)12-21)27-20(30)14-3-9-25-10-4-14/h14-18,25,28H,1-13H2,(H,26,29)(H,27,30). The predicted molar refractivity (Wildman–Crippen MR) is 115 cm³/mol. The first-order valence-corrected chi connectivity index (χ1v) is 12.2. The fraction of sp³-hybridized carbons (Fsp3) is 0.909. The summed E-state index contributed by atoms with van der Waals surface area (Å²) in [6, 6.07) is 0. The van der Waals surface area contributed by atoms with Gasteiger partial charge in [-0.3, -0.25) is 9.59 Å². The molecule has 9 heteroatoms. The van der Waals surface area contributed by atoms with Crippen LogP contribution in [0, 0.1) is 5.92 Å². The first kappa shape index (κ1) is 23.2. The molecule has 0 aromatic rings. The highest BCUT2D eigenvalue weighted by Crippen LogP contribution is 2.47. The van der Waals surface area contributed by atoms with Crippen LogP contribution in [0.2, 0.25) is 0 Å². The number of amides is 2. The smallest absolute Gasteiger partial charge is 0.246 e. The van der Waals surface area contributed by atoms with E-state index in [1.54, 1.807) is 0 Å². The molecular formula is C22H35ClFN3O4. The fourth-order valence-electron chi connectivity index (χ4n) is 5.81. The van der Waals surface area contributed by atoms with Crippen molar-refractivity contribution in [2.75, 3.05) is 19.7 Å². The van der Waals surface area contributed by atoms with Gasteiger partial charge in [0.2, 0.25) is 11.8 Å². The van der Waals surface area contributed by atoms with E-state index < -0.39 is 28.7 Å². The van der Waals surface area contributed by atoms with Crippen molar-refractivity contribution in [3.63, 3.8) is 0 Å². The number of hydrogen-bond acceptors (Lipinski definition) is 5. The van der Waals surface area contributed by atoms with E-state index in [-0.39, 0.29) is 36.9 Å². The van der Waals surface area contributed by atoms with Crippen LogP contribution in [0.15, 0.2) is 0 Å². The lowest BCUT2D eigenvalue weighted by atomic mass is 9.59. The number of carbonyl (C=O) groups excluding carboxylic acids is 2. The number of ether oxygens (including phenoxy) is 1. The Hall–Kier alpha value is -0.960. The Labute approximate surface area is 188 Å². The number of halogens is 2.